The lowest BCUT2D eigenvalue weighted by Gasteiger charge is -2.21. The van der Waals surface area contributed by atoms with Crippen molar-refractivity contribution in [1.82, 2.24) is 14.3 Å². The van der Waals surface area contributed by atoms with Crippen LogP contribution >= 0.6 is 11.5 Å². The number of rotatable bonds is 4. The molecular formula is C21H21FN4OS. The van der Waals surface area contributed by atoms with Crippen LogP contribution in [0.2, 0.25) is 0 Å². The number of nitrogens with zero attached hydrogens (tertiary/aromatic N) is 4. The number of amides is 1. The quantitative estimate of drug-likeness (QED) is 0.676. The monoisotopic (exact) mass is 396 g/mol. The maximum atomic E-state index is 13.9. The van der Waals surface area contributed by atoms with E-state index in [-0.39, 0.29) is 11.5 Å². The minimum Gasteiger partial charge on any atom is -0.345 e. The highest BCUT2D eigenvalue weighted by Gasteiger charge is 2.23. The molecule has 0 unspecified atom stereocenters. The summed E-state index contributed by atoms with van der Waals surface area (Å²) in [5.74, 6) is 0.0972. The largest absolute Gasteiger partial charge is 0.345 e. The smallest absolute Gasteiger partial charge is 0.256 e. The molecule has 144 valence electrons. The van der Waals surface area contributed by atoms with E-state index in [1.807, 2.05) is 18.2 Å². The number of halogens is 1. The molecule has 28 heavy (non-hydrogen) atoms. The molecular weight excluding hydrogens is 375 g/mol. The summed E-state index contributed by atoms with van der Waals surface area (Å²) >= 11 is 1.39. The van der Waals surface area contributed by atoms with Crippen molar-refractivity contribution in [2.45, 2.75) is 12.8 Å². The summed E-state index contributed by atoms with van der Waals surface area (Å²) in [7, 11) is 0. The molecule has 0 radical (unpaired) electrons. The van der Waals surface area contributed by atoms with E-state index in [2.05, 4.69) is 26.4 Å². The maximum Gasteiger partial charge on any atom is 0.256 e. The number of benzene rings is 2. The third-order valence-corrected chi connectivity index (χ3v) is 5.64. The van der Waals surface area contributed by atoms with Crippen molar-refractivity contribution in [2.24, 2.45) is 0 Å². The lowest BCUT2D eigenvalue weighted by atomic mass is 10.1. The Balaban J connectivity index is 1.40. The normalized spacial score (nSPS) is 14.8. The number of aromatic nitrogens is 2. The molecule has 1 fully saturated rings. The van der Waals surface area contributed by atoms with Crippen LogP contribution in [0.25, 0.3) is 0 Å². The van der Waals surface area contributed by atoms with Gasteiger partial charge in [0.05, 0.1) is 5.56 Å². The van der Waals surface area contributed by atoms with E-state index < -0.39 is 5.82 Å². The summed E-state index contributed by atoms with van der Waals surface area (Å²) in [6.07, 6.45) is 1.52. The maximum absolute atomic E-state index is 13.9. The van der Waals surface area contributed by atoms with Crippen molar-refractivity contribution >= 4 is 22.6 Å². The Bertz CT molecular complexity index is 946. The van der Waals surface area contributed by atoms with Gasteiger partial charge in [-0.2, -0.15) is 4.37 Å². The van der Waals surface area contributed by atoms with Crippen LogP contribution in [0.15, 0.2) is 54.6 Å². The molecule has 1 amide bonds. The zero-order valence-corrected chi connectivity index (χ0v) is 16.2. The Morgan fingerprint density at radius 2 is 1.79 bits per heavy atom. The molecule has 0 spiro atoms. The van der Waals surface area contributed by atoms with E-state index in [0.717, 1.165) is 23.9 Å². The predicted molar refractivity (Wildman–Crippen MR) is 108 cm³/mol. The fraction of sp³-hybridized carbons (Fsp3) is 0.286. The molecule has 7 heteroatoms. The zero-order valence-electron chi connectivity index (χ0n) is 15.4. The van der Waals surface area contributed by atoms with Gasteiger partial charge in [0.25, 0.3) is 5.91 Å². The van der Waals surface area contributed by atoms with Gasteiger partial charge < -0.3 is 9.80 Å². The second kappa shape index (κ2) is 8.48. The molecule has 0 bridgehead atoms. The van der Waals surface area contributed by atoms with Crippen LogP contribution < -0.4 is 4.90 Å². The Morgan fingerprint density at radius 3 is 2.61 bits per heavy atom. The van der Waals surface area contributed by atoms with Gasteiger partial charge in [0.15, 0.2) is 0 Å². The van der Waals surface area contributed by atoms with Gasteiger partial charge in [-0.25, -0.2) is 9.37 Å². The SMILES string of the molecule is O=C(c1ccccc1F)N1CCCN(c2nc(Cc3ccccc3)ns2)CC1. The minimum absolute atomic E-state index is 0.136. The molecule has 2 heterocycles. The van der Waals surface area contributed by atoms with Crippen molar-refractivity contribution in [3.05, 3.63) is 77.4 Å². The van der Waals surface area contributed by atoms with Gasteiger partial charge in [-0.15, -0.1) is 0 Å². The number of hydrogen-bond acceptors (Lipinski definition) is 5. The van der Waals surface area contributed by atoms with Gasteiger partial charge in [-0.05, 0) is 24.1 Å². The second-order valence-electron chi connectivity index (χ2n) is 6.77. The minimum atomic E-state index is -0.469. The summed E-state index contributed by atoms with van der Waals surface area (Å²) in [6.45, 7) is 2.63. The second-order valence-corrected chi connectivity index (χ2v) is 7.50. The van der Waals surface area contributed by atoms with Crippen LogP contribution in [0.4, 0.5) is 9.52 Å². The molecule has 1 saturated heterocycles. The molecule has 0 saturated carbocycles. The first kappa shape index (κ1) is 18.6. The fourth-order valence-corrected chi connectivity index (χ4v) is 4.08. The third-order valence-electron chi connectivity index (χ3n) is 4.82. The van der Waals surface area contributed by atoms with Crippen molar-refractivity contribution in [1.29, 1.82) is 0 Å². The van der Waals surface area contributed by atoms with Crippen LogP contribution in [0.3, 0.4) is 0 Å². The number of anilines is 1. The van der Waals surface area contributed by atoms with Crippen LogP contribution in [0.5, 0.6) is 0 Å². The van der Waals surface area contributed by atoms with Crippen LogP contribution in [-0.4, -0.2) is 46.3 Å². The summed E-state index contributed by atoms with van der Waals surface area (Å²) < 4.78 is 18.4. The van der Waals surface area contributed by atoms with Crippen molar-refractivity contribution < 1.29 is 9.18 Å². The average Bonchev–Trinajstić information content (AvgIpc) is 3.03. The average molecular weight is 396 g/mol. The Labute approximate surface area is 167 Å². The first-order valence-corrected chi connectivity index (χ1v) is 10.1. The molecule has 3 aromatic rings. The van der Waals surface area contributed by atoms with E-state index in [9.17, 15) is 9.18 Å². The first-order valence-electron chi connectivity index (χ1n) is 9.36. The number of carbonyl (C=O) groups is 1. The Hall–Kier alpha value is -2.80. The van der Waals surface area contributed by atoms with Gasteiger partial charge in [-0.1, -0.05) is 42.5 Å². The van der Waals surface area contributed by atoms with Crippen LogP contribution in [0, 0.1) is 5.82 Å². The van der Waals surface area contributed by atoms with Gasteiger partial charge >= 0.3 is 0 Å². The topological polar surface area (TPSA) is 49.3 Å². The van der Waals surface area contributed by atoms with Gasteiger partial charge in [0.1, 0.15) is 11.6 Å². The van der Waals surface area contributed by atoms with Crippen molar-refractivity contribution in [3.63, 3.8) is 0 Å². The molecule has 2 aromatic carbocycles. The molecule has 0 atom stereocenters. The number of carbonyl (C=O) groups excluding carboxylic acids is 1. The third kappa shape index (κ3) is 4.20. The van der Waals surface area contributed by atoms with E-state index in [1.165, 1.54) is 23.2 Å². The first-order chi connectivity index (χ1) is 13.7. The van der Waals surface area contributed by atoms with Gasteiger partial charge in [0.2, 0.25) is 5.13 Å². The molecule has 5 nitrogen and oxygen atoms in total. The summed E-state index contributed by atoms with van der Waals surface area (Å²) in [6, 6.07) is 16.3. The highest BCUT2D eigenvalue weighted by Crippen LogP contribution is 2.21. The number of hydrogen-bond donors (Lipinski definition) is 0. The van der Waals surface area contributed by atoms with Crippen molar-refractivity contribution in [2.75, 3.05) is 31.1 Å². The fourth-order valence-electron chi connectivity index (χ4n) is 3.34. The zero-order chi connectivity index (χ0) is 19.3. The van der Waals surface area contributed by atoms with Crippen molar-refractivity contribution in [3.8, 4) is 0 Å². The van der Waals surface area contributed by atoms with Gasteiger partial charge in [-0.3, -0.25) is 4.79 Å². The van der Waals surface area contributed by atoms with E-state index in [4.69, 9.17) is 0 Å². The summed E-state index contributed by atoms with van der Waals surface area (Å²) in [4.78, 5) is 21.2. The van der Waals surface area contributed by atoms with E-state index in [0.29, 0.717) is 26.1 Å². The molecule has 1 aromatic heterocycles. The molecule has 4 rings (SSSR count). The summed E-state index contributed by atoms with van der Waals surface area (Å²) in [5.41, 5.74) is 1.32. The molecule has 1 aliphatic rings. The predicted octanol–water partition coefficient (Wildman–Crippen LogP) is 3.62. The highest BCUT2D eigenvalue weighted by molar-refractivity contribution is 7.09. The van der Waals surface area contributed by atoms with Gasteiger partial charge in [0, 0.05) is 44.1 Å². The van der Waals surface area contributed by atoms with Crippen LogP contribution in [0.1, 0.15) is 28.2 Å². The Kier molecular flexibility index (Phi) is 5.62. The molecule has 0 N–H and O–H groups in total. The summed E-state index contributed by atoms with van der Waals surface area (Å²) in [5, 5.41) is 0.881. The lowest BCUT2D eigenvalue weighted by molar-refractivity contribution is 0.0762. The highest BCUT2D eigenvalue weighted by atomic mass is 32.1. The lowest BCUT2D eigenvalue weighted by Crippen LogP contribution is -2.35. The van der Waals surface area contributed by atoms with E-state index >= 15 is 0 Å². The molecule has 1 aliphatic heterocycles. The van der Waals surface area contributed by atoms with Crippen LogP contribution in [-0.2, 0) is 6.42 Å². The Morgan fingerprint density at radius 1 is 1.00 bits per heavy atom. The molecule has 0 aliphatic carbocycles. The van der Waals surface area contributed by atoms with E-state index in [1.54, 1.807) is 23.1 Å². The standard InChI is InChI=1S/C21H21FN4OS/c22-18-10-5-4-9-17(18)20(27)25-11-6-12-26(14-13-25)21-23-19(24-28-21)15-16-7-2-1-3-8-16/h1-5,7-10H,6,11-15H2.